The number of nitrogens with zero attached hydrogens (tertiary/aromatic N) is 2. The summed E-state index contributed by atoms with van der Waals surface area (Å²) in [6.45, 7) is 8.77. The third-order valence-electron chi connectivity index (χ3n) is 3.30. The molecule has 1 heterocycles. The molecule has 0 amide bonds. The number of hydrogen-bond acceptors (Lipinski definition) is 4. The van der Waals surface area contributed by atoms with Crippen LogP contribution in [0.4, 0.5) is 0 Å². The van der Waals surface area contributed by atoms with Crippen LogP contribution in [-0.2, 0) is 9.53 Å². The van der Waals surface area contributed by atoms with Gasteiger partial charge in [-0.25, -0.2) is 0 Å². The molecule has 0 spiro atoms. The van der Waals surface area contributed by atoms with Crippen LogP contribution >= 0.6 is 0 Å². The van der Waals surface area contributed by atoms with Gasteiger partial charge in [0.2, 0.25) is 0 Å². The molecule has 0 aliphatic rings. The largest absolute Gasteiger partial charge is 0.468 e. The highest BCUT2D eigenvalue weighted by Gasteiger charge is 2.35. The lowest BCUT2D eigenvalue weighted by atomic mass is 9.93. The molecule has 1 aromatic rings. The number of rotatable bonds is 7. The maximum absolute atomic E-state index is 12.0. The average molecular weight is 267 g/mol. The van der Waals surface area contributed by atoms with Gasteiger partial charge in [-0.05, 0) is 46.2 Å². The third kappa shape index (κ3) is 4.06. The molecule has 19 heavy (non-hydrogen) atoms. The normalized spacial score (nSPS) is 15.8. The summed E-state index contributed by atoms with van der Waals surface area (Å²) in [4.78, 5) is 12.0. The van der Waals surface area contributed by atoms with Gasteiger partial charge in [-0.1, -0.05) is 6.92 Å². The third-order valence-corrected chi connectivity index (χ3v) is 3.30. The molecule has 0 aromatic carbocycles. The summed E-state index contributed by atoms with van der Waals surface area (Å²) in [6, 6.07) is 2.09. The van der Waals surface area contributed by atoms with E-state index in [1.165, 1.54) is 7.11 Å². The standard InChI is InChI=1S/C14H25N3O2/c1-6-8-15-14(4,13(18)19-5)10-12(3)17-9-7-11(2)16-17/h7,9,12,15H,6,8,10H2,1-5H3. The Bertz CT molecular complexity index is 417. The SMILES string of the molecule is CCCNC(C)(CC(C)n1ccc(C)n1)C(=O)OC. The molecule has 0 radical (unpaired) electrons. The zero-order chi connectivity index (χ0) is 14.5. The average Bonchev–Trinajstić information content (AvgIpc) is 2.82. The molecule has 0 bridgehead atoms. The summed E-state index contributed by atoms with van der Waals surface area (Å²) >= 11 is 0. The molecule has 1 aromatic heterocycles. The summed E-state index contributed by atoms with van der Waals surface area (Å²) < 4.78 is 6.82. The number of methoxy groups -OCH3 is 1. The molecule has 0 aliphatic heterocycles. The molecule has 1 N–H and O–H groups in total. The summed E-state index contributed by atoms with van der Waals surface area (Å²) in [5, 5.41) is 7.69. The van der Waals surface area contributed by atoms with Crippen molar-refractivity contribution in [2.75, 3.05) is 13.7 Å². The Hall–Kier alpha value is -1.36. The van der Waals surface area contributed by atoms with Crippen molar-refractivity contribution < 1.29 is 9.53 Å². The van der Waals surface area contributed by atoms with Crippen molar-refractivity contribution in [2.24, 2.45) is 0 Å². The van der Waals surface area contributed by atoms with Crippen molar-refractivity contribution in [3.8, 4) is 0 Å². The molecule has 108 valence electrons. The Labute approximate surface area is 115 Å². The first-order valence-electron chi connectivity index (χ1n) is 6.78. The molecule has 5 heteroatoms. The van der Waals surface area contributed by atoms with Crippen LogP contribution in [-0.4, -0.2) is 34.9 Å². The van der Waals surface area contributed by atoms with Crippen LogP contribution in [0.2, 0.25) is 0 Å². The quantitative estimate of drug-likeness (QED) is 0.768. The predicted molar refractivity (Wildman–Crippen MR) is 75.0 cm³/mol. The van der Waals surface area contributed by atoms with E-state index in [0.717, 1.165) is 18.7 Å². The highest BCUT2D eigenvalue weighted by molar-refractivity contribution is 5.80. The topological polar surface area (TPSA) is 56.2 Å². The second-order valence-electron chi connectivity index (χ2n) is 5.24. The van der Waals surface area contributed by atoms with E-state index < -0.39 is 5.54 Å². The molecule has 0 saturated carbocycles. The van der Waals surface area contributed by atoms with Gasteiger partial charge in [-0.3, -0.25) is 9.48 Å². The van der Waals surface area contributed by atoms with Gasteiger partial charge in [0, 0.05) is 6.20 Å². The number of aryl methyl sites for hydroxylation is 1. The summed E-state index contributed by atoms with van der Waals surface area (Å²) in [7, 11) is 1.43. The molecular formula is C14H25N3O2. The lowest BCUT2D eigenvalue weighted by Crippen LogP contribution is -2.51. The Kier molecular flexibility index (Phi) is 5.54. The van der Waals surface area contributed by atoms with E-state index in [1.807, 2.05) is 30.8 Å². The van der Waals surface area contributed by atoms with Gasteiger partial charge in [0.15, 0.2) is 0 Å². The fourth-order valence-electron chi connectivity index (χ4n) is 2.22. The van der Waals surface area contributed by atoms with Crippen LogP contribution in [0, 0.1) is 6.92 Å². The molecular weight excluding hydrogens is 242 g/mol. The minimum atomic E-state index is -0.677. The van der Waals surface area contributed by atoms with Crippen LogP contribution in [0.1, 0.15) is 45.3 Å². The van der Waals surface area contributed by atoms with Crippen molar-refractivity contribution in [3.63, 3.8) is 0 Å². The number of aromatic nitrogens is 2. The Morgan fingerprint density at radius 2 is 2.32 bits per heavy atom. The van der Waals surface area contributed by atoms with Gasteiger partial charge < -0.3 is 10.1 Å². The number of carbonyl (C=O) groups is 1. The van der Waals surface area contributed by atoms with E-state index in [0.29, 0.717) is 6.42 Å². The lowest BCUT2D eigenvalue weighted by molar-refractivity contribution is -0.148. The molecule has 2 atom stereocenters. The Morgan fingerprint density at radius 1 is 1.63 bits per heavy atom. The number of carbonyl (C=O) groups excluding carboxylic acids is 1. The van der Waals surface area contributed by atoms with Crippen LogP contribution in [0.5, 0.6) is 0 Å². The molecule has 0 saturated heterocycles. The fourth-order valence-corrected chi connectivity index (χ4v) is 2.22. The lowest BCUT2D eigenvalue weighted by Gasteiger charge is -2.30. The van der Waals surface area contributed by atoms with Gasteiger partial charge in [-0.15, -0.1) is 0 Å². The number of nitrogens with one attached hydrogen (secondary N) is 1. The first-order valence-corrected chi connectivity index (χ1v) is 6.78. The second kappa shape index (κ2) is 6.70. The van der Waals surface area contributed by atoms with Crippen molar-refractivity contribution in [3.05, 3.63) is 18.0 Å². The van der Waals surface area contributed by atoms with Crippen LogP contribution in [0.15, 0.2) is 12.3 Å². The number of esters is 1. The van der Waals surface area contributed by atoms with E-state index in [1.54, 1.807) is 0 Å². The zero-order valence-corrected chi connectivity index (χ0v) is 12.6. The highest BCUT2D eigenvalue weighted by Crippen LogP contribution is 2.22. The Balaban J connectivity index is 2.79. The summed E-state index contributed by atoms with van der Waals surface area (Å²) in [5.41, 5.74) is 0.303. The highest BCUT2D eigenvalue weighted by atomic mass is 16.5. The van der Waals surface area contributed by atoms with E-state index in [4.69, 9.17) is 4.74 Å². The van der Waals surface area contributed by atoms with Crippen molar-refractivity contribution in [2.45, 2.75) is 52.1 Å². The predicted octanol–water partition coefficient (Wildman–Crippen LogP) is 2.07. The van der Waals surface area contributed by atoms with Gasteiger partial charge in [0.1, 0.15) is 5.54 Å². The van der Waals surface area contributed by atoms with Gasteiger partial charge >= 0.3 is 5.97 Å². The van der Waals surface area contributed by atoms with Crippen LogP contribution in [0.3, 0.4) is 0 Å². The van der Waals surface area contributed by atoms with Gasteiger partial charge in [0.05, 0.1) is 18.8 Å². The fraction of sp³-hybridized carbons (Fsp3) is 0.714. The Morgan fingerprint density at radius 3 is 2.79 bits per heavy atom. The second-order valence-corrected chi connectivity index (χ2v) is 5.24. The minimum Gasteiger partial charge on any atom is -0.468 e. The summed E-state index contributed by atoms with van der Waals surface area (Å²) in [6.07, 6.45) is 3.56. The number of hydrogen-bond donors (Lipinski definition) is 1. The van der Waals surface area contributed by atoms with Gasteiger partial charge in [-0.2, -0.15) is 5.10 Å². The van der Waals surface area contributed by atoms with Crippen LogP contribution in [0.25, 0.3) is 0 Å². The van der Waals surface area contributed by atoms with Crippen LogP contribution < -0.4 is 5.32 Å². The van der Waals surface area contributed by atoms with Gasteiger partial charge in [0.25, 0.3) is 0 Å². The molecule has 2 unspecified atom stereocenters. The molecule has 0 aliphatic carbocycles. The monoisotopic (exact) mass is 267 g/mol. The van der Waals surface area contributed by atoms with Crippen molar-refractivity contribution in [1.82, 2.24) is 15.1 Å². The van der Waals surface area contributed by atoms with E-state index >= 15 is 0 Å². The van der Waals surface area contributed by atoms with Crippen molar-refractivity contribution in [1.29, 1.82) is 0 Å². The maximum atomic E-state index is 12.0. The number of ether oxygens (including phenoxy) is 1. The van der Waals surface area contributed by atoms with E-state index in [2.05, 4.69) is 24.3 Å². The molecule has 0 fully saturated rings. The van der Waals surface area contributed by atoms with E-state index in [-0.39, 0.29) is 12.0 Å². The van der Waals surface area contributed by atoms with E-state index in [9.17, 15) is 4.79 Å². The first-order chi connectivity index (χ1) is 8.92. The smallest absolute Gasteiger partial charge is 0.325 e. The maximum Gasteiger partial charge on any atom is 0.325 e. The summed E-state index contributed by atoms with van der Waals surface area (Å²) in [5.74, 6) is -0.225. The zero-order valence-electron chi connectivity index (χ0n) is 12.6. The first kappa shape index (κ1) is 15.7. The molecule has 5 nitrogen and oxygen atoms in total. The molecule has 1 rings (SSSR count). The minimum absolute atomic E-state index is 0.127. The van der Waals surface area contributed by atoms with Crippen molar-refractivity contribution >= 4 is 5.97 Å².